The van der Waals surface area contributed by atoms with Crippen molar-refractivity contribution in [3.8, 4) is 0 Å². The second-order valence-electron chi connectivity index (χ2n) is 8.26. The lowest BCUT2D eigenvalue weighted by molar-refractivity contribution is -0.174. The quantitative estimate of drug-likeness (QED) is 0.221. The van der Waals surface area contributed by atoms with Crippen LogP contribution in [0.25, 0.3) is 0 Å². The molecule has 1 N–H and O–H groups in total. The van der Waals surface area contributed by atoms with Gasteiger partial charge in [0.25, 0.3) is 0 Å². The lowest BCUT2D eigenvalue weighted by Crippen LogP contribution is -2.53. The van der Waals surface area contributed by atoms with Gasteiger partial charge in [-0.3, -0.25) is 9.59 Å². The van der Waals surface area contributed by atoms with Crippen molar-refractivity contribution in [3.63, 3.8) is 0 Å². The second kappa shape index (κ2) is 13.4. The van der Waals surface area contributed by atoms with Crippen LogP contribution in [0.3, 0.4) is 0 Å². The first-order chi connectivity index (χ1) is 16.0. The Bertz CT molecular complexity index is 839. The molecule has 1 aromatic carbocycles. The number of rotatable bonds is 11. The smallest absolute Gasteiger partial charge is 0.408 e. The third-order valence-electron chi connectivity index (χ3n) is 4.55. The van der Waals surface area contributed by atoms with Gasteiger partial charge in [0.2, 0.25) is 0 Å². The van der Waals surface area contributed by atoms with Crippen molar-refractivity contribution >= 4 is 24.0 Å². The molecule has 0 saturated heterocycles. The van der Waals surface area contributed by atoms with E-state index in [1.807, 2.05) is 0 Å². The Labute approximate surface area is 200 Å². The molecule has 0 unspecified atom stereocenters. The van der Waals surface area contributed by atoms with Crippen molar-refractivity contribution in [1.29, 1.82) is 0 Å². The maximum absolute atomic E-state index is 13.4. The molecule has 0 heterocycles. The van der Waals surface area contributed by atoms with Crippen LogP contribution in [0, 0.1) is 5.41 Å². The summed E-state index contributed by atoms with van der Waals surface area (Å²) in [4.78, 5) is 51.4. The number of ether oxygens (including phenoxy) is 4. The van der Waals surface area contributed by atoms with Gasteiger partial charge in [-0.25, -0.2) is 9.59 Å². The predicted molar refractivity (Wildman–Crippen MR) is 125 cm³/mol. The van der Waals surface area contributed by atoms with Gasteiger partial charge in [-0.15, -0.1) is 0 Å². The lowest BCUT2D eigenvalue weighted by atomic mass is 9.73. The number of allylic oxidation sites excluding steroid dienone is 1. The highest BCUT2D eigenvalue weighted by atomic mass is 16.6. The number of carbonyl (C=O) groups excluding carboxylic acids is 4. The van der Waals surface area contributed by atoms with Crippen LogP contribution in [0.15, 0.2) is 42.5 Å². The average Bonchev–Trinajstić information content (AvgIpc) is 2.75. The molecule has 34 heavy (non-hydrogen) atoms. The molecule has 0 bridgehead atoms. The molecule has 0 aromatic heterocycles. The number of esters is 3. The van der Waals surface area contributed by atoms with Crippen molar-refractivity contribution in [2.45, 2.75) is 59.6 Å². The Kier molecular flexibility index (Phi) is 11.3. The zero-order valence-corrected chi connectivity index (χ0v) is 20.7. The zero-order valence-electron chi connectivity index (χ0n) is 20.7. The zero-order chi connectivity index (χ0) is 25.8. The van der Waals surface area contributed by atoms with Crippen molar-refractivity contribution in [2.24, 2.45) is 5.41 Å². The van der Waals surface area contributed by atoms with Crippen LogP contribution in [0.5, 0.6) is 0 Å². The van der Waals surface area contributed by atoms with Crippen LogP contribution in [0.4, 0.5) is 4.79 Å². The molecule has 0 spiro atoms. The fraction of sp³-hybridized carbons (Fsp3) is 0.520. The van der Waals surface area contributed by atoms with Gasteiger partial charge in [0.05, 0.1) is 25.9 Å². The summed E-state index contributed by atoms with van der Waals surface area (Å²) in [5.41, 5.74) is -2.43. The Morgan fingerprint density at radius 3 is 1.88 bits per heavy atom. The van der Waals surface area contributed by atoms with E-state index >= 15 is 0 Å². The molecule has 0 fully saturated rings. The second-order valence-corrected chi connectivity index (χ2v) is 8.26. The van der Waals surface area contributed by atoms with Crippen LogP contribution in [0.2, 0.25) is 0 Å². The predicted octanol–water partition coefficient (Wildman–Crippen LogP) is 3.87. The summed E-state index contributed by atoms with van der Waals surface area (Å²) in [6.07, 6.45) is 1.30. The molecule has 0 radical (unpaired) electrons. The summed E-state index contributed by atoms with van der Waals surface area (Å²) >= 11 is 0. The summed E-state index contributed by atoms with van der Waals surface area (Å²) in [7, 11) is 0. The monoisotopic (exact) mass is 477 g/mol. The fourth-order valence-electron chi connectivity index (χ4n) is 3.22. The van der Waals surface area contributed by atoms with Gasteiger partial charge in [-0.1, -0.05) is 36.4 Å². The van der Waals surface area contributed by atoms with Gasteiger partial charge in [0.15, 0.2) is 5.41 Å². The molecular weight excluding hydrogens is 442 g/mol. The Hall–Kier alpha value is -3.36. The molecule has 9 heteroatoms. The first-order valence-electron chi connectivity index (χ1n) is 11.2. The lowest BCUT2D eigenvalue weighted by Gasteiger charge is -2.36. The molecular formula is C25H35NO8. The largest absolute Gasteiger partial charge is 0.465 e. The van der Waals surface area contributed by atoms with Gasteiger partial charge >= 0.3 is 24.0 Å². The summed E-state index contributed by atoms with van der Waals surface area (Å²) < 4.78 is 20.8. The number of nitrogens with one attached hydrogen (secondary N) is 1. The van der Waals surface area contributed by atoms with E-state index in [0.29, 0.717) is 5.56 Å². The van der Waals surface area contributed by atoms with E-state index in [0.717, 1.165) is 6.08 Å². The van der Waals surface area contributed by atoms with Gasteiger partial charge in [0.1, 0.15) is 5.60 Å². The third-order valence-corrected chi connectivity index (χ3v) is 4.55. The van der Waals surface area contributed by atoms with Crippen LogP contribution in [-0.4, -0.2) is 49.4 Å². The number of carbonyl (C=O) groups is 4. The highest BCUT2D eigenvalue weighted by molar-refractivity contribution is 6.02. The highest BCUT2D eigenvalue weighted by Gasteiger charge is 2.56. The minimum atomic E-state index is -2.05. The summed E-state index contributed by atoms with van der Waals surface area (Å²) in [6.45, 7) is 10.1. The number of hydrogen-bond donors (Lipinski definition) is 1. The van der Waals surface area contributed by atoms with Crippen LogP contribution in [0.1, 0.15) is 59.6 Å². The Morgan fingerprint density at radius 2 is 1.41 bits per heavy atom. The van der Waals surface area contributed by atoms with Gasteiger partial charge in [0, 0.05) is 6.08 Å². The number of benzene rings is 1. The molecule has 0 aliphatic rings. The van der Waals surface area contributed by atoms with Crippen LogP contribution < -0.4 is 5.32 Å². The molecule has 1 aromatic rings. The molecule has 9 nitrogen and oxygen atoms in total. The van der Waals surface area contributed by atoms with E-state index in [2.05, 4.69) is 5.32 Å². The van der Waals surface area contributed by atoms with E-state index in [1.165, 1.54) is 6.08 Å². The van der Waals surface area contributed by atoms with E-state index in [1.54, 1.807) is 71.9 Å². The average molecular weight is 478 g/mol. The topological polar surface area (TPSA) is 117 Å². The molecule has 1 rings (SSSR count). The van der Waals surface area contributed by atoms with Crippen LogP contribution >= 0.6 is 0 Å². The highest BCUT2D eigenvalue weighted by Crippen LogP contribution is 2.41. The molecule has 0 aliphatic heterocycles. The Balaban J connectivity index is 3.68. The Morgan fingerprint density at radius 1 is 0.882 bits per heavy atom. The van der Waals surface area contributed by atoms with E-state index < -0.39 is 41.1 Å². The minimum Gasteiger partial charge on any atom is -0.465 e. The first kappa shape index (κ1) is 28.7. The van der Waals surface area contributed by atoms with E-state index in [-0.39, 0.29) is 26.2 Å². The third kappa shape index (κ3) is 8.20. The van der Waals surface area contributed by atoms with Crippen molar-refractivity contribution < 1.29 is 38.1 Å². The number of alkyl carbamates (subject to hydrolysis) is 1. The van der Waals surface area contributed by atoms with Crippen molar-refractivity contribution in [3.05, 3.63) is 48.0 Å². The number of hydrogen-bond acceptors (Lipinski definition) is 8. The van der Waals surface area contributed by atoms with Gasteiger partial charge < -0.3 is 24.3 Å². The molecule has 188 valence electrons. The molecule has 1 amide bonds. The minimum absolute atomic E-state index is 0.0183. The summed E-state index contributed by atoms with van der Waals surface area (Å²) in [6, 6.07) is 7.25. The van der Waals surface area contributed by atoms with Gasteiger partial charge in [-0.2, -0.15) is 0 Å². The van der Waals surface area contributed by atoms with E-state index in [9.17, 15) is 19.2 Å². The maximum Gasteiger partial charge on any atom is 0.408 e. The number of amides is 1. The normalized spacial score (nSPS) is 12.5. The van der Waals surface area contributed by atoms with Crippen molar-refractivity contribution in [1.82, 2.24) is 5.32 Å². The van der Waals surface area contributed by atoms with Crippen molar-refractivity contribution in [2.75, 3.05) is 19.8 Å². The fourth-order valence-corrected chi connectivity index (χ4v) is 3.22. The molecule has 1 atom stereocenters. The standard InChI is InChI=1S/C25H35NO8/c1-7-31-19(27)16-13-17-25(21(28)32-8-2,22(29)33-9-3)20(18-14-11-10-12-15-18)26-23(30)34-24(4,5)6/h10-16,20H,7-9,17H2,1-6H3,(H,26,30)/b16-13+/t20-/m1/s1. The molecule has 0 aliphatic carbocycles. The molecule has 0 saturated carbocycles. The van der Waals surface area contributed by atoms with Gasteiger partial charge in [-0.05, 0) is 53.5 Å². The van der Waals surface area contributed by atoms with Crippen LogP contribution in [-0.2, 0) is 33.3 Å². The first-order valence-corrected chi connectivity index (χ1v) is 11.2. The maximum atomic E-state index is 13.4. The van der Waals surface area contributed by atoms with E-state index in [4.69, 9.17) is 18.9 Å². The SMILES string of the molecule is CCOC(=O)/C=C/CC(C(=O)OCC)(C(=O)OCC)[C@H](NC(=O)OC(C)(C)C)c1ccccc1. The summed E-state index contributed by atoms with van der Waals surface area (Å²) in [5, 5.41) is 2.66. The summed E-state index contributed by atoms with van der Waals surface area (Å²) in [5.74, 6) is -2.46.